The maximum Gasteiger partial charge on any atom is 0.343 e. The van der Waals surface area contributed by atoms with Crippen molar-refractivity contribution < 1.29 is 56.8 Å². The van der Waals surface area contributed by atoms with Gasteiger partial charge in [0.2, 0.25) is 0 Å². The van der Waals surface area contributed by atoms with Crippen molar-refractivity contribution in [1.82, 2.24) is 0 Å². The molecule has 3 N–H and O–H groups in total. The number of ether oxygens (including phenoxy) is 1. The highest BCUT2D eigenvalue weighted by atomic mass is 32.2. The topological polar surface area (TPSA) is 138 Å². The van der Waals surface area contributed by atoms with E-state index >= 15 is 0 Å². The number of hydrogen-bond acceptors (Lipinski definition) is 6. The molecule has 0 amide bonds. The zero-order valence-electron chi connectivity index (χ0n) is 13.0. The van der Waals surface area contributed by atoms with E-state index in [1.165, 1.54) is 0 Å². The van der Waals surface area contributed by atoms with Crippen molar-refractivity contribution in [1.29, 1.82) is 0 Å². The van der Waals surface area contributed by atoms with E-state index in [0.29, 0.717) is 11.8 Å². The summed E-state index contributed by atoms with van der Waals surface area (Å²) in [5.41, 5.74) is -5.24. The fraction of sp³-hybridized carbons (Fsp3) is 0.286. The van der Waals surface area contributed by atoms with Gasteiger partial charge >= 0.3 is 23.9 Å². The van der Waals surface area contributed by atoms with Crippen LogP contribution in [0.2, 0.25) is 0 Å². The van der Waals surface area contributed by atoms with Crippen LogP contribution in [-0.2, 0) is 14.3 Å². The summed E-state index contributed by atoms with van der Waals surface area (Å²) in [4.78, 5) is 44.2. The smallest absolute Gasteiger partial charge is 0.343 e. The Bertz CT molecular complexity index is 798. The number of rotatable bonds is 9. The molecule has 0 saturated carbocycles. The first kappa shape index (κ1) is 22.2. The van der Waals surface area contributed by atoms with Crippen LogP contribution in [0.25, 0.3) is 0 Å². The second kappa shape index (κ2) is 9.21. The second-order valence-corrected chi connectivity index (χ2v) is 6.03. The van der Waals surface area contributed by atoms with E-state index in [1.54, 1.807) is 0 Å². The fourth-order valence-corrected chi connectivity index (χ4v) is 2.73. The largest absolute Gasteiger partial charge is 0.481 e. The maximum atomic E-state index is 13.8. The quantitative estimate of drug-likeness (QED) is 0.182. The number of thioether (sulfide) groups is 1. The molecule has 1 rings (SSSR count). The highest BCUT2D eigenvalue weighted by molar-refractivity contribution is 7.99. The van der Waals surface area contributed by atoms with E-state index in [2.05, 4.69) is 4.74 Å². The van der Waals surface area contributed by atoms with E-state index in [4.69, 9.17) is 15.3 Å². The average Bonchev–Trinajstić information content (AvgIpc) is 2.54. The van der Waals surface area contributed by atoms with Crippen molar-refractivity contribution in [3.8, 4) is 0 Å². The van der Waals surface area contributed by atoms with E-state index < -0.39 is 76.6 Å². The predicted molar refractivity (Wildman–Crippen MR) is 79.4 cm³/mol. The first-order valence-corrected chi connectivity index (χ1v) is 7.87. The van der Waals surface area contributed by atoms with Gasteiger partial charge in [-0.2, -0.15) is 0 Å². The number of aliphatic carboxylic acids is 2. The molecule has 8 nitrogen and oxygen atoms in total. The molecule has 1 aromatic carbocycles. The van der Waals surface area contributed by atoms with Gasteiger partial charge in [0.25, 0.3) is 0 Å². The molecule has 13 heteroatoms. The Morgan fingerprint density at radius 1 is 0.852 bits per heavy atom. The first-order chi connectivity index (χ1) is 12.5. The van der Waals surface area contributed by atoms with Crippen LogP contribution in [0.3, 0.4) is 0 Å². The fourth-order valence-electron chi connectivity index (χ4n) is 1.76. The third-order valence-electron chi connectivity index (χ3n) is 2.88. The summed E-state index contributed by atoms with van der Waals surface area (Å²) >= 11 is 0.497. The van der Waals surface area contributed by atoms with Gasteiger partial charge in [-0.1, -0.05) is 0 Å². The van der Waals surface area contributed by atoms with Crippen LogP contribution in [0.1, 0.15) is 33.6 Å². The van der Waals surface area contributed by atoms with Gasteiger partial charge in [-0.15, -0.1) is 11.8 Å². The van der Waals surface area contributed by atoms with Crippen LogP contribution in [0.5, 0.6) is 0 Å². The van der Waals surface area contributed by atoms with E-state index in [0.717, 1.165) is 0 Å². The standard InChI is InChI=1S/C14H10F4O8S/c15-9-7(13(23)24)8(10(16)12(18)11(9)17)14(25)26-6(3-5(21)22)27-2-1-4(19)20/h6H,1-3H2,(H,19,20)(H,21,22)(H,23,24). The molecule has 0 aliphatic carbocycles. The summed E-state index contributed by atoms with van der Waals surface area (Å²) in [6.07, 6.45) is -1.38. The summed E-state index contributed by atoms with van der Waals surface area (Å²) in [5, 5.41) is 26.1. The minimum atomic E-state index is -2.46. The number of carbonyl (C=O) groups is 4. The SMILES string of the molecule is O=C(O)CCSC(CC(=O)O)OC(=O)c1c(F)c(F)c(F)c(F)c1C(=O)O. The number of aromatic carboxylic acids is 1. The molecule has 1 aromatic rings. The molecule has 1 unspecified atom stereocenters. The molecule has 0 fully saturated rings. The van der Waals surface area contributed by atoms with Crippen molar-refractivity contribution in [3.05, 3.63) is 34.4 Å². The van der Waals surface area contributed by atoms with Crippen molar-refractivity contribution in [2.75, 3.05) is 5.75 Å². The molecule has 27 heavy (non-hydrogen) atoms. The van der Waals surface area contributed by atoms with Crippen LogP contribution in [0, 0.1) is 23.3 Å². The van der Waals surface area contributed by atoms with E-state index in [9.17, 15) is 36.7 Å². The van der Waals surface area contributed by atoms with Crippen molar-refractivity contribution >= 4 is 35.6 Å². The van der Waals surface area contributed by atoms with E-state index in [-0.39, 0.29) is 5.75 Å². The van der Waals surface area contributed by atoms with Gasteiger partial charge in [0, 0.05) is 5.75 Å². The number of carboxylic acids is 3. The van der Waals surface area contributed by atoms with Crippen LogP contribution >= 0.6 is 11.8 Å². The zero-order valence-corrected chi connectivity index (χ0v) is 13.8. The molecule has 0 spiro atoms. The third kappa shape index (κ3) is 5.57. The van der Waals surface area contributed by atoms with Gasteiger partial charge in [0.15, 0.2) is 28.7 Å². The number of carboxylic acid groups (broad SMARTS) is 3. The Morgan fingerprint density at radius 3 is 1.81 bits per heavy atom. The summed E-state index contributed by atoms with van der Waals surface area (Å²) in [6, 6.07) is 0. The Morgan fingerprint density at radius 2 is 1.37 bits per heavy atom. The van der Waals surface area contributed by atoms with Gasteiger partial charge < -0.3 is 20.1 Å². The lowest BCUT2D eigenvalue weighted by atomic mass is 10.1. The van der Waals surface area contributed by atoms with Gasteiger partial charge in [0.05, 0.1) is 12.8 Å². The van der Waals surface area contributed by atoms with Crippen LogP contribution in [0.4, 0.5) is 17.6 Å². The third-order valence-corrected chi connectivity index (χ3v) is 3.96. The number of esters is 1. The highest BCUT2D eigenvalue weighted by Crippen LogP contribution is 2.27. The number of hydrogen-bond donors (Lipinski definition) is 3. The number of benzene rings is 1. The molecule has 0 aliphatic rings. The summed E-state index contributed by atoms with van der Waals surface area (Å²) < 4.78 is 58.5. The van der Waals surface area contributed by atoms with Crippen LogP contribution < -0.4 is 0 Å². The Hall–Kier alpha value is -2.83. The first-order valence-electron chi connectivity index (χ1n) is 6.82. The van der Waals surface area contributed by atoms with Gasteiger partial charge in [-0.3, -0.25) is 9.59 Å². The minimum absolute atomic E-state index is 0.249. The Kier molecular flexibility index (Phi) is 7.57. The molecule has 1 atom stereocenters. The van der Waals surface area contributed by atoms with Crippen LogP contribution in [-0.4, -0.2) is 50.4 Å². The molecule has 0 aromatic heterocycles. The van der Waals surface area contributed by atoms with Crippen molar-refractivity contribution in [3.63, 3.8) is 0 Å². The van der Waals surface area contributed by atoms with Crippen LogP contribution in [0.15, 0.2) is 0 Å². The molecular formula is C14H10F4O8S. The zero-order chi connectivity index (χ0) is 20.9. The predicted octanol–water partition coefficient (Wildman–Crippen LogP) is 2.11. The normalized spacial score (nSPS) is 11.7. The molecular weight excluding hydrogens is 404 g/mol. The Labute approximate surface area is 151 Å². The van der Waals surface area contributed by atoms with Gasteiger partial charge in [0.1, 0.15) is 11.1 Å². The van der Waals surface area contributed by atoms with Crippen molar-refractivity contribution in [2.24, 2.45) is 0 Å². The lowest BCUT2D eigenvalue weighted by Crippen LogP contribution is -2.24. The lowest BCUT2D eigenvalue weighted by molar-refractivity contribution is -0.138. The summed E-state index contributed by atoms with van der Waals surface area (Å²) in [5.74, 6) is -16.9. The number of carbonyl (C=O) groups excluding carboxylic acids is 1. The number of halogens is 4. The van der Waals surface area contributed by atoms with Crippen molar-refractivity contribution in [2.45, 2.75) is 18.3 Å². The average molecular weight is 414 g/mol. The maximum absolute atomic E-state index is 13.8. The summed E-state index contributed by atoms with van der Waals surface area (Å²) in [6.45, 7) is 0. The van der Waals surface area contributed by atoms with Gasteiger partial charge in [-0.05, 0) is 0 Å². The lowest BCUT2D eigenvalue weighted by Gasteiger charge is -2.17. The minimum Gasteiger partial charge on any atom is -0.481 e. The molecule has 0 heterocycles. The molecule has 0 radical (unpaired) electrons. The molecule has 148 valence electrons. The molecule has 0 bridgehead atoms. The molecule has 0 aliphatic heterocycles. The monoisotopic (exact) mass is 414 g/mol. The van der Waals surface area contributed by atoms with E-state index in [1.807, 2.05) is 0 Å². The molecule has 0 saturated heterocycles. The second-order valence-electron chi connectivity index (χ2n) is 4.76. The Balaban J connectivity index is 3.23. The highest BCUT2D eigenvalue weighted by Gasteiger charge is 2.34. The van der Waals surface area contributed by atoms with Gasteiger partial charge in [-0.25, -0.2) is 27.2 Å². The summed E-state index contributed by atoms with van der Waals surface area (Å²) in [7, 11) is 0.